The Morgan fingerprint density at radius 1 is 1.21 bits per heavy atom. The number of hydrogen-bond donors (Lipinski definition) is 2. The molecule has 0 saturated carbocycles. The van der Waals surface area contributed by atoms with Gasteiger partial charge in [0.15, 0.2) is 5.82 Å². The van der Waals surface area contributed by atoms with Gasteiger partial charge in [0, 0.05) is 15.7 Å². The monoisotopic (exact) mass is 386 g/mol. The van der Waals surface area contributed by atoms with E-state index in [2.05, 4.69) is 36.7 Å². The first-order valence-electron chi connectivity index (χ1n) is 7.31. The molecule has 1 aromatic heterocycles. The van der Waals surface area contributed by atoms with Crippen molar-refractivity contribution in [1.29, 1.82) is 0 Å². The molecule has 6 nitrogen and oxygen atoms in total. The number of carbonyl (C=O) groups is 1. The maximum absolute atomic E-state index is 11.9. The molecule has 0 unspecified atom stereocenters. The number of benzene rings is 2. The van der Waals surface area contributed by atoms with Crippen LogP contribution in [-0.4, -0.2) is 16.2 Å². The van der Waals surface area contributed by atoms with E-state index < -0.39 is 0 Å². The first-order valence-corrected chi connectivity index (χ1v) is 8.10. The van der Waals surface area contributed by atoms with Crippen LogP contribution in [0.25, 0.3) is 11.5 Å². The molecule has 0 aliphatic carbocycles. The van der Waals surface area contributed by atoms with Crippen LogP contribution in [-0.2, 0) is 6.54 Å². The van der Waals surface area contributed by atoms with Crippen LogP contribution < -0.4 is 10.6 Å². The second-order valence-electron chi connectivity index (χ2n) is 5.15. The first-order chi connectivity index (χ1) is 11.6. The van der Waals surface area contributed by atoms with Gasteiger partial charge < -0.3 is 15.2 Å². The second kappa shape index (κ2) is 7.27. The van der Waals surface area contributed by atoms with Gasteiger partial charge in [-0.25, -0.2) is 4.79 Å². The Morgan fingerprint density at radius 3 is 2.83 bits per heavy atom. The molecule has 0 bridgehead atoms. The van der Waals surface area contributed by atoms with E-state index in [1.807, 2.05) is 49.4 Å². The van der Waals surface area contributed by atoms with E-state index in [0.29, 0.717) is 17.4 Å². The molecule has 2 amide bonds. The van der Waals surface area contributed by atoms with Crippen LogP contribution in [0.4, 0.5) is 10.5 Å². The fourth-order valence-electron chi connectivity index (χ4n) is 2.15. The highest BCUT2D eigenvalue weighted by Crippen LogP contribution is 2.20. The minimum absolute atomic E-state index is 0.176. The number of aryl methyl sites for hydroxylation is 1. The van der Waals surface area contributed by atoms with Crippen molar-refractivity contribution in [3.8, 4) is 11.5 Å². The highest BCUT2D eigenvalue weighted by atomic mass is 79.9. The lowest BCUT2D eigenvalue weighted by atomic mass is 10.1. The van der Waals surface area contributed by atoms with E-state index >= 15 is 0 Å². The highest BCUT2D eigenvalue weighted by Gasteiger charge is 2.11. The minimum Gasteiger partial charge on any atom is -0.334 e. The van der Waals surface area contributed by atoms with E-state index in [1.165, 1.54) is 0 Å². The van der Waals surface area contributed by atoms with Crippen molar-refractivity contribution in [3.05, 3.63) is 64.4 Å². The number of urea groups is 1. The molecule has 0 spiro atoms. The van der Waals surface area contributed by atoms with Gasteiger partial charge in [-0.3, -0.25) is 0 Å². The van der Waals surface area contributed by atoms with E-state index in [-0.39, 0.29) is 12.6 Å². The molecule has 0 fully saturated rings. The van der Waals surface area contributed by atoms with Crippen LogP contribution in [0.1, 0.15) is 11.4 Å². The van der Waals surface area contributed by atoms with E-state index in [1.54, 1.807) is 6.07 Å². The number of amides is 2. The van der Waals surface area contributed by atoms with Crippen molar-refractivity contribution in [2.75, 3.05) is 5.32 Å². The number of anilines is 1. The van der Waals surface area contributed by atoms with Crippen LogP contribution in [0.15, 0.2) is 57.5 Å². The first kappa shape index (κ1) is 16.2. The molecule has 2 N–H and O–H groups in total. The predicted octanol–water partition coefficient (Wildman–Crippen LogP) is 4.13. The summed E-state index contributed by atoms with van der Waals surface area (Å²) in [7, 11) is 0. The summed E-state index contributed by atoms with van der Waals surface area (Å²) < 4.78 is 6.15. The average Bonchev–Trinajstić information content (AvgIpc) is 3.02. The van der Waals surface area contributed by atoms with Crippen LogP contribution in [0.5, 0.6) is 0 Å². The second-order valence-corrected chi connectivity index (χ2v) is 6.06. The van der Waals surface area contributed by atoms with E-state index in [9.17, 15) is 4.79 Å². The van der Waals surface area contributed by atoms with E-state index in [4.69, 9.17) is 4.52 Å². The van der Waals surface area contributed by atoms with Gasteiger partial charge in [0.25, 0.3) is 5.89 Å². The normalized spacial score (nSPS) is 10.4. The van der Waals surface area contributed by atoms with Crippen molar-refractivity contribution in [1.82, 2.24) is 15.5 Å². The average molecular weight is 387 g/mol. The lowest BCUT2D eigenvalue weighted by Gasteiger charge is -2.06. The quantitative estimate of drug-likeness (QED) is 0.706. The molecule has 0 aliphatic heterocycles. The SMILES string of the molecule is Cc1ccccc1-c1nc(CNC(=O)Nc2cccc(Br)c2)no1. The molecule has 2 aromatic carbocycles. The summed E-state index contributed by atoms with van der Waals surface area (Å²) in [6.45, 7) is 2.15. The summed E-state index contributed by atoms with van der Waals surface area (Å²) >= 11 is 3.35. The van der Waals surface area contributed by atoms with Crippen LogP contribution in [0.2, 0.25) is 0 Å². The fraction of sp³-hybridized carbons (Fsp3) is 0.118. The molecule has 0 radical (unpaired) electrons. The van der Waals surface area contributed by atoms with Gasteiger partial charge in [0.2, 0.25) is 0 Å². The Balaban J connectivity index is 1.59. The third-order valence-corrected chi connectivity index (χ3v) is 3.83. The number of nitrogens with zero attached hydrogens (tertiary/aromatic N) is 2. The zero-order valence-corrected chi connectivity index (χ0v) is 14.5. The summed E-state index contributed by atoms with van der Waals surface area (Å²) in [5.74, 6) is 0.856. The predicted molar refractivity (Wildman–Crippen MR) is 94.5 cm³/mol. The third kappa shape index (κ3) is 3.99. The molecule has 122 valence electrons. The van der Waals surface area contributed by atoms with Gasteiger partial charge in [-0.2, -0.15) is 4.98 Å². The maximum Gasteiger partial charge on any atom is 0.319 e. The number of halogens is 1. The van der Waals surface area contributed by atoms with Crippen LogP contribution in [0.3, 0.4) is 0 Å². The Labute approximate surface area is 147 Å². The van der Waals surface area contributed by atoms with Crippen LogP contribution in [0, 0.1) is 6.92 Å². The summed E-state index contributed by atoms with van der Waals surface area (Å²) in [6, 6.07) is 14.8. The lowest BCUT2D eigenvalue weighted by Crippen LogP contribution is -2.28. The Hall–Kier alpha value is -2.67. The molecule has 7 heteroatoms. The summed E-state index contributed by atoms with van der Waals surface area (Å²) in [4.78, 5) is 16.2. The van der Waals surface area contributed by atoms with Gasteiger partial charge in [0.1, 0.15) is 0 Å². The van der Waals surface area contributed by atoms with Crippen molar-refractivity contribution >= 4 is 27.6 Å². The molecule has 0 aliphatic rings. The number of hydrogen-bond acceptors (Lipinski definition) is 4. The van der Waals surface area contributed by atoms with Crippen molar-refractivity contribution in [3.63, 3.8) is 0 Å². The summed E-state index contributed by atoms with van der Waals surface area (Å²) in [5, 5.41) is 9.32. The topological polar surface area (TPSA) is 80.0 Å². The smallest absolute Gasteiger partial charge is 0.319 e. The van der Waals surface area contributed by atoms with E-state index in [0.717, 1.165) is 15.6 Å². The number of aromatic nitrogens is 2. The fourth-order valence-corrected chi connectivity index (χ4v) is 2.55. The molecule has 24 heavy (non-hydrogen) atoms. The molecule has 1 heterocycles. The number of rotatable bonds is 4. The van der Waals surface area contributed by atoms with Gasteiger partial charge in [0.05, 0.1) is 6.54 Å². The van der Waals surface area contributed by atoms with Gasteiger partial charge >= 0.3 is 6.03 Å². The Morgan fingerprint density at radius 2 is 2.04 bits per heavy atom. The standard InChI is InChI=1S/C17H15BrN4O2/c1-11-5-2-3-8-14(11)16-21-15(22-24-16)10-19-17(23)20-13-7-4-6-12(18)9-13/h2-9H,10H2,1H3,(H2,19,20,23). The summed E-state index contributed by atoms with van der Waals surface area (Å²) in [6.07, 6.45) is 0. The Kier molecular flexibility index (Phi) is 4.90. The summed E-state index contributed by atoms with van der Waals surface area (Å²) in [5.41, 5.74) is 2.62. The zero-order chi connectivity index (χ0) is 16.9. The highest BCUT2D eigenvalue weighted by molar-refractivity contribution is 9.10. The molecular formula is C17H15BrN4O2. The molecule has 0 atom stereocenters. The molecule has 3 aromatic rings. The largest absolute Gasteiger partial charge is 0.334 e. The van der Waals surface area contributed by atoms with Crippen molar-refractivity contribution in [2.45, 2.75) is 13.5 Å². The lowest BCUT2D eigenvalue weighted by molar-refractivity contribution is 0.251. The number of nitrogens with one attached hydrogen (secondary N) is 2. The van der Waals surface area contributed by atoms with Gasteiger partial charge in [-0.1, -0.05) is 45.4 Å². The maximum atomic E-state index is 11.9. The van der Waals surface area contributed by atoms with Crippen molar-refractivity contribution in [2.24, 2.45) is 0 Å². The van der Waals surface area contributed by atoms with Gasteiger partial charge in [-0.05, 0) is 36.8 Å². The molecular weight excluding hydrogens is 372 g/mol. The number of carbonyl (C=O) groups excluding carboxylic acids is 1. The third-order valence-electron chi connectivity index (χ3n) is 3.33. The molecule has 0 saturated heterocycles. The zero-order valence-electron chi connectivity index (χ0n) is 12.9. The van der Waals surface area contributed by atoms with Gasteiger partial charge in [-0.15, -0.1) is 0 Å². The Bertz CT molecular complexity index is 863. The van der Waals surface area contributed by atoms with Crippen molar-refractivity contribution < 1.29 is 9.32 Å². The minimum atomic E-state index is -0.338. The van der Waals surface area contributed by atoms with Crippen LogP contribution >= 0.6 is 15.9 Å². The molecule has 3 rings (SSSR count).